The number of sulfone groups is 1. The van der Waals surface area contributed by atoms with Gasteiger partial charge in [-0.2, -0.15) is 0 Å². The van der Waals surface area contributed by atoms with Crippen molar-refractivity contribution in [3.8, 4) is 0 Å². The van der Waals surface area contributed by atoms with E-state index in [4.69, 9.17) is 0 Å². The summed E-state index contributed by atoms with van der Waals surface area (Å²) >= 11 is 0. The van der Waals surface area contributed by atoms with E-state index in [1.165, 1.54) is 30.3 Å². The Kier molecular flexibility index (Phi) is 6.18. The Morgan fingerprint density at radius 3 is 2.18 bits per heavy atom. The van der Waals surface area contributed by atoms with E-state index in [-0.39, 0.29) is 21.4 Å². The highest BCUT2D eigenvalue weighted by molar-refractivity contribution is 7.90. The molecule has 0 bridgehead atoms. The van der Waals surface area contributed by atoms with E-state index in [0.717, 1.165) is 16.4 Å². The van der Waals surface area contributed by atoms with Crippen LogP contribution in [-0.2, 0) is 19.9 Å². The standard InChI is InChI=1S/C25H23FN2O4S2/c1-17(2)13-23(18-9-11-21(12-10-18)33(3,29)30)24-15-19-14-20(26)16-27-25(19)28(24)34(31,32)22-7-5-4-6-8-22/h4-17H,1-3H3. The maximum absolute atomic E-state index is 14.0. The number of rotatable bonds is 6. The van der Waals surface area contributed by atoms with Crippen molar-refractivity contribution in [3.63, 3.8) is 0 Å². The lowest BCUT2D eigenvalue weighted by atomic mass is 9.99. The van der Waals surface area contributed by atoms with Gasteiger partial charge in [-0.1, -0.05) is 50.3 Å². The van der Waals surface area contributed by atoms with Gasteiger partial charge in [0.1, 0.15) is 5.82 Å². The summed E-state index contributed by atoms with van der Waals surface area (Å²) in [4.78, 5) is 4.32. The van der Waals surface area contributed by atoms with Crippen molar-refractivity contribution in [2.45, 2.75) is 23.6 Å². The Bertz CT molecular complexity index is 1600. The summed E-state index contributed by atoms with van der Waals surface area (Å²) < 4.78 is 66.4. The van der Waals surface area contributed by atoms with Gasteiger partial charge in [0, 0.05) is 17.2 Å². The lowest BCUT2D eigenvalue weighted by Crippen LogP contribution is -2.16. The molecule has 0 radical (unpaired) electrons. The molecule has 176 valence electrons. The summed E-state index contributed by atoms with van der Waals surface area (Å²) in [5.41, 5.74) is 1.59. The van der Waals surface area contributed by atoms with Gasteiger partial charge in [0.15, 0.2) is 15.5 Å². The smallest absolute Gasteiger partial charge is 0.234 e. The first-order valence-electron chi connectivity index (χ1n) is 10.5. The van der Waals surface area contributed by atoms with Crippen LogP contribution in [-0.4, -0.2) is 32.0 Å². The SMILES string of the molecule is CC(C)C=C(c1ccc(S(C)(=O)=O)cc1)c1cc2cc(F)cnc2n1S(=O)(=O)c1ccccc1. The summed E-state index contributed by atoms with van der Waals surface area (Å²) in [6.07, 6.45) is 3.99. The van der Waals surface area contributed by atoms with Gasteiger partial charge in [0.05, 0.1) is 21.7 Å². The third-order valence-corrected chi connectivity index (χ3v) is 8.06. The minimum Gasteiger partial charge on any atom is -0.234 e. The molecule has 6 nitrogen and oxygen atoms in total. The quantitative estimate of drug-likeness (QED) is 0.377. The molecule has 0 aliphatic rings. The second kappa shape index (κ2) is 8.81. The number of hydrogen-bond donors (Lipinski definition) is 0. The van der Waals surface area contributed by atoms with Crippen LogP contribution in [0.1, 0.15) is 25.1 Å². The average molecular weight is 499 g/mol. The molecule has 34 heavy (non-hydrogen) atoms. The minimum absolute atomic E-state index is 0.0279. The van der Waals surface area contributed by atoms with Crippen LogP contribution in [0, 0.1) is 11.7 Å². The highest BCUT2D eigenvalue weighted by atomic mass is 32.2. The maximum Gasteiger partial charge on any atom is 0.269 e. The van der Waals surface area contributed by atoms with Crippen molar-refractivity contribution >= 4 is 36.5 Å². The molecule has 0 saturated heterocycles. The number of halogens is 1. The first-order valence-corrected chi connectivity index (χ1v) is 13.8. The number of pyridine rings is 1. The summed E-state index contributed by atoms with van der Waals surface area (Å²) in [6, 6.07) is 17.0. The van der Waals surface area contributed by atoms with Crippen LogP contribution in [0.2, 0.25) is 0 Å². The van der Waals surface area contributed by atoms with Crippen LogP contribution in [0.5, 0.6) is 0 Å². The van der Waals surface area contributed by atoms with Crippen LogP contribution in [0.15, 0.2) is 88.8 Å². The molecule has 9 heteroatoms. The van der Waals surface area contributed by atoms with Gasteiger partial charge in [-0.15, -0.1) is 0 Å². The van der Waals surface area contributed by atoms with Gasteiger partial charge in [0.25, 0.3) is 10.0 Å². The second-order valence-electron chi connectivity index (χ2n) is 8.30. The van der Waals surface area contributed by atoms with Crippen LogP contribution in [0.3, 0.4) is 0 Å². The van der Waals surface area contributed by atoms with Crippen molar-refractivity contribution in [1.29, 1.82) is 0 Å². The lowest BCUT2D eigenvalue weighted by Gasteiger charge is -2.15. The average Bonchev–Trinajstić information content (AvgIpc) is 3.16. The molecule has 0 spiro atoms. The topological polar surface area (TPSA) is 86.1 Å². The molecule has 4 rings (SSSR count). The molecule has 0 unspecified atom stereocenters. The van der Waals surface area contributed by atoms with Crippen LogP contribution >= 0.6 is 0 Å². The van der Waals surface area contributed by atoms with Crippen LogP contribution in [0.25, 0.3) is 16.6 Å². The summed E-state index contributed by atoms with van der Waals surface area (Å²) in [5, 5.41) is 0.330. The predicted octanol–water partition coefficient (Wildman–Crippen LogP) is 4.90. The Balaban J connectivity index is 2.04. The Morgan fingerprint density at radius 2 is 1.59 bits per heavy atom. The zero-order valence-corrected chi connectivity index (χ0v) is 20.4. The van der Waals surface area contributed by atoms with Gasteiger partial charge in [-0.05, 0) is 47.9 Å². The van der Waals surface area contributed by atoms with Crippen LogP contribution < -0.4 is 0 Å². The monoisotopic (exact) mass is 498 g/mol. The maximum atomic E-state index is 14.0. The normalized spacial score (nSPS) is 13.0. The van der Waals surface area contributed by atoms with E-state index in [2.05, 4.69) is 4.98 Å². The summed E-state index contributed by atoms with van der Waals surface area (Å²) in [5.74, 6) is -0.555. The molecule has 4 aromatic rings. The van der Waals surface area contributed by atoms with Crippen molar-refractivity contribution in [1.82, 2.24) is 8.96 Å². The lowest BCUT2D eigenvalue weighted by molar-refractivity contribution is 0.587. The zero-order valence-electron chi connectivity index (χ0n) is 18.8. The van der Waals surface area contributed by atoms with Crippen molar-refractivity contribution < 1.29 is 21.2 Å². The van der Waals surface area contributed by atoms with Crippen molar-refractivity contribution in [3.05, 3.63) is 96.1 Å². The van der Waals surface area contributed by atoms with Gasteiger partial charge in [-0.3, -0.25) is 0 Å². The Hall–Kier alpha value is -3.30. The minimum atomic E-state index is -4.09. The Morgan fingerprint density at radius 1 is 0.941 bits per heavy atom. The summed E-state index contributed by atoms with van der Waals surface area (Å²) in [6.45, 7) is 3.89. The predicted molar refractivity (Wildman–Crippen MR) is 130 cm³/mol. The van der Waals surface area contributed by atoms with Gasteiger partial charge < -0.3 is 0 Å². The molecule has 0 aliphatic carbocycles. The molecule has 0 fully saturated rings. The van der Waals surface area contributed by atoms with E-state index in [0.29, 0.717) is 22.2 Å². The number of hydrogen-bond acceptors (Lipinski definition) is 5. The molecule has 0 N–H and O–H groups in total. The van der Waals surface area contributed by atoms with E-state index in [1.54, 1.807) is 36.4 Å². The number of aromatic nitrogens is 2. The first-order chi connectivity index (χ1) is 16.0. The molecule has 0 aliphatic heterocycles. The zero-order chi connectivity index (χ0) is 24.7. The number of allylic oxidation sites excluding steroid dienone is 1. The highest BCUT2D eigenvalue weighted by Gasteiger charge is 2.26. The van der Waals surface area contributed by atoms with Crippen molar-refractivity contribution in [2.24, 2.45) is 5.92 Å². The third kappa shape index (κ3) is 4.53. The van der Waals surface area contributed by atoms with Gasteiger partial charge in [-0.25, -0.2) is 30.2 Å². The molecule has 0 saturated carbocycles. The molecule has 0 amide bonds. The first kappa shape index (κ1) is 23.8. The molecule has 2 aromatic heterocycles. The third-order valence-electron chi connectivity index (χ3n) is 5.22. The number of benzene rings is 2. The Labute approximate surface area is 198 Å². The number of fused-ring (bicyclic) bond motifs is 1. The van der Waals surface area contributed by atoms with E-state index >= 15 is 0 Å². The fourth-order valence-corrected chi connectivity index (χ4v) is 5.85. The van der Waals surface area contributed by atoms with E-state index in [1.807, 2.05) is 19.9 Å². The summed E-state index contributed by atoms with van der Waals surface area (Å²) in [7, 11) is -7.49. The molecule has 2 heterocycles. The number of nitrogens with zero attached hydrogens (tertiary/aromatic N) is 2. The highest BCUT2D eigenvalue weighted by Crippen LogP contribution is 2.33. The van der Waals surface area contributed by atoms with Gasteiger partial charge >= 0.3 is 0 Å². The van der Waals surface area contributed by atoms with Crippen molar-refractivity contribution in [2.75, 3.05) is 6.26 Å². The largest absolute Gasteiger partial charge is 0.269 e. The molecular weight excluding hydrogens is 475 g/mol. The van der Waals surface area contributed by atoms with E-state index in [9.17, 15) is 21.2 Å². The molecule has 2 aromatic carbocycles. The fourth-order valence-electron chi connectivity index (χ4n) is 3.72. The second-order valence-corrected chi connectivity index (χ2v) is 12.1. The fraction of sp³-hybridized carbons (Fsp3) is 0.160. The van der Waals surface area contributed by atoms with Gasteiger partial charge in [0.2, 0.25) is 0 Å². The van der Waals surface area contributed by atoms with Crippen LogP contribution in [0.4, 0.5) is 4.39 Å². The molecule has 0 atom stereocenters. The van der Waals surface area contributed by atoms with E-state index < -0.39 is 25.7 Å². The molecular formula is C25H23FN2O4S2.